The van der Waals surface area contributed by atoms with Gasteiger partial charge in [-0.25, -0.2) is 4.98 Å². The topological polar surface area (TPSA) is 58.5 Å². The van der Waals surface area contributed by atoms with E-state index in [1.807, 2.05) is 33.3 Å². The molecule has 0 aromatic carbocycles. The summed E-state index contributed by atoms with van der Waals surface area (Å²) < 4.78 is 5.52. The van der Waals surface area contributed by atoms with Crippen molar-refractivity contribution in [3.8, 4) is 5.88 Å². The number of aromatic nitrogens is 1. The fourth-order valence-electron chi connectivity index (χ4n) is 3.66. The fourth-order valence-corrected chi connectivity index (χ4v) is 3.66. The van der Waals surface area contributed by atoms with Crippen molar-refractivity contribution in [1.29, 1.82) is 0 Å². The molecular formula is C23H32N4O. The van der Waals surface area contributed by atoms with E-state index in [0.717, 1.165) is 28.1 Å². The molecule has 1 saturated carbocycles. The van der Waals surface area contributed by atoms with Crippen LogP contribution >= 0.6 is 0 Å². The predicted molar refractivity (Wildman–Crippen MR) is 116 cm³/mol. The summed E-state index contributed by atoms with van der Waals surface area (Å²) >= 11 is 0. The number of ether oxygens (including phenoxy) is 1. The zero-order chi connectivity index (χ0) is 20.1. The van der Waals surface area contributed by atoms with Crippen LogP contribution in [0.1, 0.15) is 44.2 Å². The Hall–Kier alpha value is -2.40. The number of aryl methyl sites for hydroxylation is 1. The lowest BCUT2D eigenvalue weighted by Crippen LogP contribution is -2.36. The number of rotatable bonds is 8. The molecule has 150 valence electrons. The minimum absolute atomic E-state index is 0.136. The molecule has 1 aliphatic carbocycles. The highest BCUT2D eigenvalue weighted by Crippen LogP contribution is 2.37. The molecule has 1 atom stereocenters. The number of likely N-dealkylation sites (N-methyl/N-ethyl adjacent to an activating group) is 1. The monoisotopic (exact) mass is 380 g/mol. The molecule has 1 fully saturated rings. The number of allylic oxidation sites excluding steroid dienone is 2. The van der Waals surface area contributed by atoms with Crippen molar-refractivity contribution in [3.63, 3.8) is 0 Å². The van der Waals surface area contributed by atoms with Gasteiger partial charge in [0.2, 0.25) is 5.88 Å². The number of aliphatic imine (C=N–C) groups is 1. The molecule has 1 aromatic rings. The van der Waals surface area contributed by atoms with Crippen molar-refractivity contribution in [2.45, 2.75) is 52.6 Å². The van der Waals surface area contributed by atoms with E-state index in [-0.39, 0.29) is 6.04 Å². The van der Waals surface area contributed by atoms with Crippen LogP contribution in [0.2, 0.25) is 0 Å². The number of dihydropyridines is 1. The van der Waals surface area contributed by atoms with E-state index in [4.69, 9.17) is 9.73 Å². The van der Waals surface area contributed by atoms with Gasteiger partial charge in [0.15, 0.2) is 0 Å². The minimum Gasteiger partial charge on any atom is -0.478 e. The van der Waals surface area contributed by atoms with Crippen molar-refractivity contribution in [1.82, 2.24) is 15.6 Å². The van der Waals surface area contributed by atoms with Gasteiger partial charge in [0.1, 0.15) is 0 Å². The number of hydrogen-bond acceptors (Lipinski definition) is 5. The van der Waals surface area contributed by atoms with Gasteiger partial charge in [0.25, 0.3) is 0 Å². The highest BCUT2D eigenvalue weighted by molar-refractivity contribution is 5.84. The average molecular weight is 381 g/mol. The Bertz CT molecular complexity index is 818. The molecule has 2 N–H and O–H groups in total. The first-order chi connectivity index (χ1) is 13.5. The molecule has 1 aromatic heterocycles. The Morgan fingerprint density at radius 3 is 2.82 bits per heavy atom. The van der Waals surface area contributed by atoms with Gasteiger partial charge < -0.3 is 15.4 Å². The number of hydrogen-bond donors (Lipinski definition) is 2. The Morgan fingerprint density at radius 2 is 2.21 bits per heavy atom. The summed E-state index contributed by atoms with van der Waals surface area (Å²) in [6, 6.07) is 2.23. The first-order valence-corrected chi connectivity index (χ1v) is 10.2. The molecule has 2 heterocycles. The van der Waals surface area contributed by atoms with Crippen LogP contribution in [0.15, 0.2) is 52.5 Å². The lowest BCUT2D eigenvalue weighted by Gasteiger charge is -2.33. The number of nitrogens with one attached hydrogen (secondary N) is 2. The van der Waals surface area contributed by atoms with E-state index < -0.39 is 0 Å². The molecule has 28 heavy (non-hydrogen) atoms. The second-order valence-corrected chi connectivity index (χ2v) is 7.59. The van der Waals surface area contributed by atoms with E-state index in [1.165, 1.54) is 24.8 Å². The van der Waals surface area contributed by atoms with Crippen molar-refractivity contribution < 1.29 is 4.74 Å². The zero-order valence-electron chi connectivity index (χ0n) is 17.5. The molecule has 1 unspecified atom stereocenters. The number of nitrogens with zero attached hydrogens (tertiary/aromatic N) is 2. The lowest BCUT2D eigenvalue weighted by atomic mass is 9.77. The summed E-state index contributed by atoms with van der Waals surface area (Å²) in [7, 11) is 1.98. The first-order valence-electron chi connectivity index (χ1n) is 10.2. The second-order valence-electron chi connectivity index (χ2n) is 7.59. The maximum Gasteiger partial charge on any atom is 0.216 e. The van der Waals surface area contributed by atoms with Gasteiger partial charge in [-0.2, -0.15) is 0 Å². The zero-order valence-corrected chi connectivity index (χ0v) is 17.5. The van der Waals surface area contributed by atoms with Crippen molar-refractivity contribution in [3.05, 3.63) is 58.6 Å². The molecule has 0 bridgehead atoms. The Balaban J connectivity index is 1.79. The Labute approximate surface area is 168 Å². The molecule has 2 aliphatic rings. The molecular weight excluding hydrogens is 348 g/mol. The summed E-state index contributed by atoms with van der Waals surface area (Å²) in [6.07, 6.45) is 9.80. The van der Waals surface area contributed by atoms with E-state index in [9.17, 15) is 0 Å². The van der Waals surface area contributed by atoms with Gasteiger partial charge in [-0.1, -0.05) is 13.0 Å². The highest BCUT2D eigenvalue weighted by Gasteiger charge is 2.27. The maximum atomic E-state index is 5.52. The molecule has 0 radical (unpaired) electrons. The molecule has 5 nitrogen and oxygen atoms in total. The molecule has 5 heteroatoms. The standard InChI is InChI=1S/C23H32N4O/c1-6-28-23-15(2)10-18(13-26-23)12-25-14-20-21(24-5)11-16(3)27-22(20)17(4)19-8-7-9-19/h10-11,13-14,19,21,24,27H,4,6-9,12H2,1-3,5H3. The van der Waals surface area contributed by atoms with E-state index in [2.05, 4.69) is 41.3 Å². The second kappa shape index (κ2) is 9.20. The normalized spacial score (nSPS) is 20.0. The van der Waals surface area contributed by atoms with E-state index >= 15 is 0 Å². The fraction of sp³-hybridized carbons (Fsp3) is 0.478. The summed E-state index contributed by atoms with van der Waals surface area (Å²) in [6.45, 7) is 11.7. The quantitative estimate of drug-likeness (QED) is 0.668. The highest BCUT2D eigenvalue weighted by atomic mass is 16.5. The molecule has 0 saturated heterocycles. The van der Waals surface area contributed by atoms with Crippen molar-refractivity contribution in [2.75, 3.05) is 13.7 Å². The molecule has 0 spiro atoms. The van der Waals surface area contributed by atoms with Crippen LogP contribution in [-0.4, -0.2) is 30.9 Å². The van der Waals surface area contributed by atoms with Gasteiger partial charge in [0.05, 0.1) is 19.2 Å². The summed E-state index contributed by atoms with van der Waals surface area (Å²) in [5.74, 6) is 1.29. The molecule has 3 rings (SSSR count). The summed E-state index contributed by atoms with van der Waals surface area (Å²) in [4.78, 5) is 9.13. The van der Waals surface area contributed by atoms with Crippen LogP contribution in [0.5, 0.6) is 5.88 Å². The largest absolute Gasteiger partial charge is 0.478 e. The summed E-state index contributed by atoms with van der Waals surface area (Å²) in [5.41, 5.74) is 6.76. The van der Waals surface area contributed by atoms with Gasteiger partial charge >= 0.3 is 0 Å². The average Bonchev–Trinajstić information content (AvgIpc) is 2.63. The smallest absolute Gasteiger partial charge is 0.216 e. The van der Waals surface area contributed by atoms with Crippen LogP contribution in [0.25, 0.3) is 0 Å². The van der Waals surface area contributed by atoms with E-state index in [1.54, 1.807) is 0 Å². The Kier molecular flexibility index (Phi) is 6.68. The maximum absolute atomic E-state index is 5.52. The van der Waals surface area contributed by atoms with Crippen molar-refractivity contribution in [2.24, 2.45) is 10.9 Å². The first kappa shape index (κ1) is 20.3. The van der Waals surface area contributed by atoms with Gasteiger partial charge in [-0.15, -0.1) is 0 Å². The number of pyridine rings is 1. The SMILES string of the molecule is C=C(C1=C(C=NCc2cnc(OCC)c(C)c2)C(NC)C=C(C)N1)C1CCC1. The Morgan fingerprint density at radius 1 is 1.43 bits per heavy atom. The minimum atomic E-state index is 0.136. The van der Waals surface area contributed by atoms with Crippen LogP contribution in [-0.2, 0) is 6.54 Å². The van der Waals surface area contributed by atoms with Gasteiger partial charge in [-0.05, 0) is 69.9 Å². The van der Waals surface area contributed by atoms with Crippen LogP contribution in [0.4, 0.5) is 0 Å². The van der Waals surface area contributed by atoms with Gasteiger partial charge in [-0.3, -0.25) is 4.99 Å². The predicted octanol–water partition coefficient (Wildman–Crippen LogP) is 4.06. The van der Waals surface area contributed by atoms with Crippen LogP contribution in [0.3, 0.4) is 0 Å². The van der Waals surface area contributed by atoms with Crippen LogP contribution in [0, 0.1) is 12.8 Å². The third-order valence-corrected chi connectivity index (χ3v) is 5.46. The van der Waals surface area contributed by atoms with Crippen molar-refractivity contribution >= 4 is 6.21 Å². The lowest BCUT2D eigenvalue weighted by molar-refractivity contribution is 0.324. The van der Waals surface area contributed by atoms with E-state index in [0.29, 0.717) is 24.9 Å². The third-order valence-electron chi connectivity index (χ3n) is 5.46. The van der Waals surface area contributed by atoms with Crippen LogP contribution < -0.4 is 15.4 Å². The summed E-state index contributed by atoms with van der Waals surface area (Å²) in [5, 5.41) is 6.93. The molecule has 1 aliphatic heterocycles. The third kappa shape index (κ3) is 4.53. The molecule has 0 amide bonds. The van der Waals surface area contributed by atoms with Gasteiger partial charge in [0, 0.05) is 34.9 Å².